The van der Waals surface area contributed by atoms with Crippen LogP contribution in [0.3, 0.4) is 0 Å². The van der Waals surface area contributed by atoms with Crippen LogP contribution in [0.25, 0.3) is 0 Å². The fourth-order valence-corrected chi connectivity index (χ4v) is 2.01. The normalized spacial score (nSPS) is 11.3. The first-order valence-corrected chi connectivity index (χ1v) is 7.37. The average Bonchev–Trinajstić information content (AvgIpc) is 2.53. The molecule has 2 aromatic rings. The summed E-state index contributed by atoms with van der Waals surface area (Å²) in [7, 11) is 0. The van der Waals surface area contributed by atoms with E-state index in [1.807, 2.05) is 37.3 Å². The van der Waals surface area contributed by atoms with E-state index in [1.54, 1.807) is 0 Å². The van der Waals surface area contributed by atoms with E-state index in [0.29, 0.717) is 17.9 Å². The second-order valence-corrected chi connectivity index (χ2v) is 5.01. The lowest BCUT2D eigenvalue weighted by atomic mass is 10.1. The zero-order valence-corrected chi connectivity index (χ0v) is 12.8. The Labute approximate surface area is 133 Å². The lowest BCUT2D eigenvalue weighted by Crippen LogP contribution is -2.21. The van der Waals surface area contributed by atoms with Gasteiger partial charge in [-0.15, -0.1) is 0 Å². The van der Waals surface area contributed by atoms with Gasteiger partial charge in [0.1, 0.15) is 5.75 Å². The number of hydrogen-bond donors (Lipinski definition) is 2. The number of ether oxygens (including phenoxy) is 1. The first-order valence-electron chi connectivity index (χ1n) is 7.37. The summed E-state index contributed by atoms with van der Waals surface area (Å²) >= 11 is 0. The van der Waals surface area contributed by atoms with Crippen molar-refractivity contribution in [2.45, 2.75) is 26.1 Å². The maximum absolute atomic E-state index is 12.9. The smallest absolute Gasteiger partial charge is 0.416 e. The van der Waals surface area contributed by atoms with Gasteiger partial charge >= 0.3 is 6.18 Å². The molecule has 0 atom stereocenters. The summed E-state index contributed by atoms with van der Waals surface area (Å²) in [5.41, 5.74) is 6.47. The van der Waals surface area contributed by atoms with Crippen molar-refractivity contribution in [3.05, 3.63) is 59.7 Å². The minimum atomic E-state index is -4.37. The highest BCUT2D eigenvalue weighted by atomic mass is 19.4. The number of para-hydroxylation sites is 1. The molecule has 3 nitrogen and oxygen atoms in total. The van der Waals surface area contributed by atoms with Crippen molar-refractivity contribution in [3.63, 3.8) is 0 Å². The molecule has 2 N–H and O–H groups in total. The van der Waals surface area contributed by atoms with Crippen LogP contribution in [0.15, 0.2) is 48.5 Å². The van der Waals surface area contributed by atoms with Gasteiger partial charge < -0.3 is 10.2 Å². The molecule has 6 heteroatoms. The van der Waals surface area contributed by atoms with Crippen LogP contribution < -0.4 is 15.6 Å². The largest absolute Gasteiger partial charge is 0.493 e. The van der Waals surface area contributed by atoms with Crippen molar-refractivity contribution in [2.24, 2.45) is 0 Å². The first kappa shape index (κ1) is 17.1. The minimum absolute atomic E-state index is 0.206. The predicted molar refractivity (Wildman–Crippen MR) is 84.1 cm³/mol. The van der Waals surface area contributed by atoms with E-state index in [0.717, 1.165) is 24.2 Å². The van der Waals surface area contributed by atoms with E-state index in [2.05, 4.69) is 10.9 Å². The molecule has 0 radical (unpaired) electrons. The Balaban J connectivity index is 2.09. The quantitative estimate of drug-likeness (QED) is 0.730. The fraction of sp³-hybridized carbons (Fsp3) is 0.294. The first-order chi connectivity index (χ1) is 11.0. The van der Waals surface area contributed by atoms with Crippen molar-refractivity contribution in [1.29, 1.82) is 0 Å². The molecule has 0 bridgehead atoms. The summed E-state index contributed by atoms with van der Waals surface area (Å²) in [4.78, 5) is 0. The standard InChI is InChI=1S/C17H19F3N2O/c1-2-10-23-16-9-8-14(17(18,19)20)11-13(16)12-21-22-15-6-4-3-5-7-15/h3-9,11,21-22H,2,10,12H2,1H3. The highest BCUT2D eigenvalue weighted by Gasteiger charge is 2.31. The van der Waals surface area contributed by atoms with Gasteiger partial charge in [-0.1, -0.05) is 25.1 Å². The van der Waals surface area contributed by atoms with Gasteiger partial charge in [-0.2, -0.15) is 13.2 Å². The third-order valence-corrected chi connectivity index (χ3v) is 3.13. The van der Waals surface area contributed by atoms with Gasteiger partial charge in [0.05, 0.1) is 12.2 Å². The maximum Gasteiger partial charge on any atom is 0.416 e. The number of anilines is 1. The number of halogens is 3. The van der Waals surface area contributed by atoms with Gasteiger partial charge in [0.2, 0.25) is 0 Å². The summed E-state index contributed by atoms with van der Waals surface area (Å²) in [6.07, 6.45) is -3.58. The van der Waals surface area contributed by atoms with Gasteiger partial charge in [-0.3, -0.25) is 0 Å². The molecular formula is C17H19F3N2O. The summed E-state index contributed by atoms with van der Waals surface area (Å²) in [6, 6.07) is 12.9. The van der Waals surface area contributed by atoms with Crippen LogP contribution in [-0.4, -0.2) is 6.61 Å². The van der Waals surface area contributed by atoms with Gasteiger partial charge in [-0.05, 0) is 36.8 Å². The molecule has 124 valence electrons. The number of nitrogens with one attached hydrogen (secondary N) is 2. The molecular weight excluding hydrogens is 305 g/mol. The molecule has 2 aromatic carbocycles. The van der Waals surface area contributed by atoms with Crippen molar-refractivity contribution < 1.29 is 17.9 Å². The van der Waals surface area contributed by atoms with Crippen LogP contribution in [0.2, 0.25) is 0 Å². The zero-order chi connectivity index (χ0) is 16.7. The number of rotatable bonds is 7. The van der Waals surface area contributed by atoms with Crippen LogP contribution in [-0.2, 0) is 12.7 Å². The molecule has 0 aliphatic heterocycles. The van der Waals surface area contributed by atoms with Crippen molar-refractivity contribution in [2.75, 3.05) is 12.0 Å². The van der Waals surface area contributed by atoms with E-state index < -0.39 is 11.7 Å². The van der Waals surface area contributed by atoms with Gasteiger partial charge in [0.15, 0.2) is 0 Å². The molecule has 0 fully saturated rings. The van der Waals surface area contributed by atoms with E-state index >= 15 is 0 Å². The Morgan fingerprint density at radius 1 is 1.04 bits per heavy atom. The summed E-state index contributed by atoms with van der Waals surface area (Å²) in [5.74, 6) is 0.460. The van der Waals surface area contributed by atoms with E-state index in [1.165, 1.54) is 6.07 Å². The third-order valence-electron chi connectivity index (χ3n) is 3.13. The van der Waals surface area contributed by atoms with Crippen molar-refractivity contribution >= 4 is 5.69 Å². The Bertz CT molecular complexity index is 615. The molecule has 0 aliphatic carbocycles. The van der Waals surface area contributed by atoms with Crippen LogP contribution in [0.5, 0.6) is 5.75 Å². The molecule has 0 saturated heterocycles. The second kappa shape index (κ2) is 7.87. The number of alkyl halides is 3. The second-order valence-electron chi connectivity index (χ2n) is 5.01. The van der Waals surface area contributed by atoms with Crippen molar-refractivity contribution in [1.82, 2.24) is 5.43 Å². The molecule has 23 heavy (non-hydrogen) atoms. The fourth-order valence-electron chi connectivity index (χ4n) is 2.01. The highest BCUT2D eigenvalue weighted by molar-refractivity contribution is 5.42. The van der Waals surface area contributed by atoms with Crippen LogP contribution in [0.4, 0.5) is 18.9 Å². The number of hydrazine groups is 1. The Hall–Kier alpha value is -2.21. The minimum Gasteiger partial charge on any atom is -0.493 e. The van der Waals surface area contributed by atoms with Crippen LogP contribution >= 0.6 is 0 Å². The molecule has 0 heterocycles. The molecule has 0 spiro atoms. The van der Waals surface area contributed by atoms with E-state index in [9.17, 15) is 13.2 Å². The molecule has 0 saturated carbocycles. The zero-order valence-electron chi connectivity index (χ0n) is 12.8. The summed E-state index contributed by atoms with van der Waals surface area (Å²) in [6.45, 7) is 2.61. The van der Waals surface area contributed by atoms with Gasteiger partial charge in [0, 0.05) is 17.8 Å². The van der Waals surface area contributed by atoms with E-state index in [4.69, 9.17) is 4.74 Å². The topological polar surface area (TPSA) is 33.3 Å². The molecule has 0 aromatic heterocycles. The summed E-state index contributed by atoms with van der Waals surface area (Å²) in [5, 5.41) is 0. The lowest BCUT2D eigenvalue weighted by Gasteiger charge is -2.15. The Kier molecular flexibility index (Phi) is 5.87. The maximum atomic E-state index is 12.9. The third kappa shape index (κ3) is 5.17. The predicted octanol–water partition coefficient (Wildman–Crippen LogP) is 4.61. The average molecular weight is 324 g/mol. The summed E-state index contributed by atoms with van der Waals surface area (Å²) < 4.78 is 44.1. The van der Waals surface area contributed by atoms with Crippen molar-refractivity contribution in [3.8, 4) is 5.75 Å². The lowest BCUT2D eigenvalue weighted by molar-refractivity contribution is -0.137. The highest BCUT2D eigenvalue weighted by Crippen LogP contribution is 2.32. The Morgan fingerprint density at radius 3 is 2.43 bits per heavy atom. The number of hydrogen-bond acceptors (Lipinski definition) is 3. The Morgan fingerprint density at radius 2 is 1.78 bits per heavy atom. The molecule has 2 rings (SSSR count). The van der Waals surface area contributed by atoms with Crippen LogP contribution in [0.1, 0.15) is 24.5 Å². The SMILES string of the molecule is CCCOc1ccc(C(F)(F)F)cc1CNNc1ccccc1. The van der Waals surface area contributed by atoms with E-state index in [-0.39, 0.29) is 6.54 Å². The number of benzene rings is 2. The molecule has 0 amide bonds. The monoisotopic (exact) mass is 324 g/mol. The van der Waals surface area contributed by atoms with Gasteiger partial charge in [-0.25, -0.2) is 5.43 Å². The van der Waals surface area contributed by atoms with Gasteiger partial charge in [0.25, 0.3) is 0 Å². The molecule has 0 unspecified atom stereocenters. The van der Waals surface area contributed by atoms with Crippen LogP contribution in [0, 0.1) is 0 Å². The molecule has 0 aliphatic rings.